The average molecular weight is 184 g/mol. The molecule has 0 N–H and O–H groups in total. The summed E-state index contributed by atoms with van der Waals surface area (Å²) in [7, 11) is 0. The Bertz CT molecular complexity index is 141. The molecule has 0 atom stereocenters. The van der Waals surface area contributed by atoms with Gasteiger partial charge in [-0.05, 0) is 17.2 Å². The molecule has 1 aromatic heterocycles. The summed E-state index contributed by atoms with van der Waals surface area (Å²) in [6.07, 6.45) is 5.19. The van der Waals surface area contributed by atoms with Crippen LogP contribution in [0.1, 0.15) is 32.6 Å². The summed E-state index contributed by atoms with van der Waals surface area (Å²) in [5.41, 5.74) is 0. The Hall–Kier alpha value is -0.630. The zero-order chi connectivity index (χ0) is 9.07. The molecule has 0 unspecified atom stereocenters. The van der Waals surface area contributed by atoms with Gasteiger partial charge in [-0.15, -0.1) is 0 Å². The molecule has 0 amide bonds. The SMILES string of the molecule is CCCCCC=O.c1ccsc1. The van der Waals surface area contributed by atoms with E-state index in [2.05, 4.69) is 6.92 Å². The molecule has 0 aromatic carbocycles. The number of rotatable bonds is 4. The van der Waals surface area contributed by atoms with E-state index < -0.39 is 0 Å². The predicted molar refractivity (Wildman–Crippen MR) is 54.5 cm³/mol. The lowest BCUT2D eigenvalue weighted by atomic mass is 10.2. The Morgan fingerprint density at radius 3 is 2.25 bits per heavy atom. The van der Waals surface area contributed by atoms with E-state index in [4.69, 9.17) is 0 Å². The van der Waals surface area contributed by atoms with Crippen LogP contribution in [0.4, 0.5) is 0 Å². The second-order valence-corrected chi connectivity index (χ2v) is 3.27. The molecule has 0 aliphatic rings. The Balaban J connectivity index is 0.000000211. The number of thiophene rings is 1. The van der Waals surface area contributed by atoms with Gasteiger partial charge in [-0.1, -0.05) is 31.9 Å². The summed E-state index contributed by atoms with van der Waals surface area (Å²) in [6, 6.07) is 4.04. The summed E-state index contributed by atoms with van der Waals surface area (Å²) < 4.78 is 0. The maximum absolute atomic E-state index is 9.68. The molecular formula is C10H16OS. The summed E-state index contributed by atoms with van der Waals surface area (Å²) in [4.78, 5) is 9.68. The number of carbonyl (C=O) groups is 1. The lowest BCUT2D eigenvalue weighted by Gasteiger charge is -1.85. The van der Waals surface area contributed by atoms with Gasteiger partial charge in [-0.3, -0.25) is 0 Å². The Labute approximate surface area is 78.4 Å². The van der Waals surface area contributed by atoms with Crippen LogP contribution in [0.5, 0.6) is 0 Å². The van der Waals surface area contributed by atoms with Crippen molar-refractivity contribution in [3.63, 3.8) is 0 Å². The van der Waals surface area contributed by atoms with Crippen molar-refractivity contribution in [2.45, 2.75) is 32.6 Å². The highest BCUT2D eigenvalue weighted by Gasteiger charge is 1.80. The second kappa shape index (κ2) is 10.4. The van der Waals surface area contributed by atoms with E-state index in [0.717, 1.165) is 19.1 Å². The summed E-state index contributed by atoms with van der Waals surface area (Å²) in [5, 5.41) is 4.08. The quantitative estimate of drug-likeness (QED) is 0.517. The Kier molecular flexibility index (Phi) is 9.83. The van der Waals surface area contributed by atoms with Gasteiger partial charge in [0.05, 0.1) is 0 Å². The van der Waals surface area contributed by atoms with Crippen molar-refractivity contribution in [2.75, 3.05) is 0 Å². The van der Waals surface area contributed by atoms with E-state index in [1.54, 1.807) is 11.3 Å². The molecule has 0 aliphatic heterocycles. The number of carbonyl (C=O) groups excluding carboxylic acids is 1. The van der Waals surface area contributed by atoms with Gasteiger partial charge in [0.1, 0.15) is 6.29 Å². The van der Waals surface area contributed by atoms with Gasteiger partial charge in [-0.25, -0.2) is 0 Å². The first kappa shape index (κ1) is 11.4. The number of hydrogen-bond acceptors (Lipinski definition) is 2. The van der Waals surface area contributed by atoms with Crippen LogP contribution in [0.2, 0.25) is 0 Å². The molecule has 2 heteroatoms. The van der Waals surface area contributed by atoms with Crippen molar-refractivity contribution in [1.82, 2.24) is 0 Å². The molecule has 0 fully saturated rings. The van der Waals surface area contributed by atoms with E-state index in [-0.39, 0.29) is 0 Å². The maximum atomic E-state index is 9.68. The third-order valence-electron chi connectivity index (χ3n) is 1.35. The molecule has 68 valence electrons. The van der Waals surface area contributed by atoms with E-state index >= 15 is 0 Å². The van der Waals surface area contributed by atoms with Crippen LogP contribution in [0.25, 0.3) is 0 Å². The third-order valence-corrected chi connectivity index (χ3v) is 1.98. The van der Waals surface area contributed by atoms with Crippen LogP contribution in [0, 0.1) is 0 Å². The fraction of sp³-hybridized carbons (Fsp3) is 0.500. The zero-order valence-corrected chi connectivity index (χ0v) is 8.35. The van der Waals surface area contributed by atoms with Crippen LogP contribution in [-0.4, -0.2) is 6.29 Å². The first-order valence-electron chi connectivity index (χ1n) is 4.32. The normalized spacial score (nSPS) is 8.42. The number of unbranched alkanes of at least 4 members (excludes halogenated alkanes) is 3. The second-order valence-electron chi connectivity index (χ2n) is 2.46. The van der Waals surface area contributed by atoms with Crippen molar-refractivity contribution >= 4 is 17.6 Å². The topological polar surface area (TPSA) is 17.1 Å². The minimum atomic E-state index is 0.744. The summed E-state index contributed by atoms with van der Waals surface area (Å²) in [5.74, 6) is 0. The van der Waals surface area contributed by atoms with Gasteiger partial charge in [0.2, 0.25) is 0 Å². The highest BCUT2D eigenvalue weighted by molar-refractivity contribution is 7.07. The molecule has 1 heterocycles. The van der Waals surface area contributed by atoms with E-state index in [1.165, 1.54) is 12.8 Å². The van der Waals surface area contributed by atoms with Crippen LogP contribution in [-0.2, 0) is 4.79 Å². The van der Waals surface area contributed by atoms with Gasteiger partial charge < -0.3 is 4.79 Å². The molecule has 1 rings (SSSR count). The van der Waals surface area contributed by atoms with Crippen LogP contribution < -0.4 is 0 Å². The monoisotopic (exact) mass is 184 g/mol. The van der Waals surface area contributed by atoms with E-state index in [0.29, 0.717) is 0 Å². The Morgan fingerprint density at radius 1 is 1.25 bits per heavy atom. The molecular weight excluding hydrogens is 168 g/mol. The highest BCUT2D eigenvalue weighted by Crippen LogP contribution is 1.94. The minimum Gasteiger partial charge on any atom is -0.303 e. The van der Waals surface area contributed by atoms with Crippen molar-refractivity contribution in [1.29, 1.82) is 0 Å². The van der Waals surface area contributed by atoms with Crippen molar-refractivity contribution in [3.05, 3.63) is 22.9 Å². The first-order chi connectivity index (χ1) is 5.91. The minimum absolute atomic E-state index is 0.744. The third kappa shape index (κ3) is 9.37. The van der Waals surface area contributed by atoms with Crippen molar-refractivity contribution in [3.8, 4) is 0 Å². The molecule has 0 spiro atoms. The lowest BCUT2D eigenvalue weighted by Crippen LogP contribution is -1.73. The smallest absolute Gasteiger partial charge is 0.119 e. The average Bonchev–Trinajstić information content (AvgIpc) is 2.62. The van der Waals surface area contributed by atoms with Gasteiger partial charge >= 0.3 is 0 Å². The fourth-order valence-corrected chi connectivity index (χ4v) is 1.16. The number of hydrogen-bond donors (Lipinski definition) is 0. The standard InChI is InChI=1S/C6H12O.C4H4S/c1-2-3-4-5-6-7;1-2-4-5-3-1/h6H,2-5H2,1H3;1-4H. The summed E-state index contributed by atoms with van der Waals surface area (Å²) >= 11 is 1.71. The van der Waals surface area contributed by atoms with Gasteiger partial charge in [-0.2, -0.15) is 11.3 Å². The lowest BCUT2D eigenvalue weighted by molar-refractivity contribution is -0.107. The molecule has 0 bridgehead atoms. The van der Waals surface area contributed by atoms with Gasteiger partial charge in [0.15, 0.2) is 0 Å². The Morgan fingerprint density at radius 2 is 1.92 bits per heavy atom. The maximum Gasteiger partial charge on any atom is 0.119 e. The first-order valence-corrected chi connectivity index (χ1v) is 5.27. The molecule has 0 aliphatic carbocycles. The van der Waals surface area contributed by atoms with Crippen LogP contribution in [0.15, 0.2) is 22.9 Å². The fourth-order valence-electron chi connectivity index (χ4n) is 0.704. The van der Waals surface area contributed by atoms with Gasteiger partial charge in [0.25, 0.3) is 0 Å². The highest BCUT2D eigenvalue weighted by atomic mass is 32.1. The predicted octanol–water partition coefficient (Wildman–Crippen LogP) is 3.51. The van der Waals surface area contributed by atoms with Crippen molar-refractivity contribution in [2.24, 2.45) is 0 Å². The van der Waals surface area contributed by atoms with Crippen LogP contribution in [0.3, 0.4) is 0 Å². The van der Waals surface area contributed by atoms with Crippen molar-refractivity contribution < 1.29 is 4.79 Å². The molecule has 0 radical (unpaired) electrons. The van der Waals surface area contributed by atoms with Crippen LogP contribution >= 0.6 is 11.3 Å². The molecule has 0 saturated heterocycles. The zero-order valence-electron chi connectivity index (χ0n) is 7.53. The van der Waals surface area contributed by atoms with Gasteiger partial charge in [0, 0.05) is 6.42 Å². The summed E-state index contributed by atoms with van der Waals surface area (Å²) in [6.45, 7) is 2.13. The van der Waals surface area contributed by atoms with E-state index in [9.17, 15) is 4.79 Å². The molecule has 1 aromatic rings. The molecule has 12 heavy (non-hydrogen) atoms. The number of aldehydes is 1. The molecule has 0 saturated carbocycles. The molecule has 1 nitrogen and oxygen atoms in total. The largest absolute Gasteiger partial charge is 0.303 e. The van der Waals surface area contributed by atoms with E-state index in [1.807, 2.05) is 22.9 Å².